The van der Waals surface area contributed by atoms with Gasteiger partial charge in [0, 0.05) is 28.4 Å². The van der Waals surface area contributed by atoms with Crippen molar-refractivity contribution >= 4 is 27.7 Å². The molecule has 1 aliphatic heterocycles. The third kappa shape index (κ3) is 3.67. The highest BCUT2D eigenvalue weighted by molar-refractivity contribution is 6.11. The summed E-state index contributed by atoms with van der Waals surface area (Å²) >= 11 is 0. The molecule has 0 fully saturated rings. The highest BCUT2D eigenvalue weighted by Gasteiger charge is 2.38. The summed E-state index contributed by atoms with van der Waals surface area (Å²) < 4.78 is 0. The number of nitrogens with two attached hydrogens (primary N) is 1. The predicted molar refractivity (Wildman–Crippen MR) is 187 cm³/mol. The van der Waals surface area contributed by atoms with Crippen molar-refractivity contribution in [2.75, 3.05) is 4.90 Å². The second-order valence-electron chi connectivity index (χ2n) is 12.3. The second-order valence-corrected chi connectivity index (χ2v) is 12.3. The van der Waals surface area contributed by atoms with Gasteiger partial charge in [0.15, 0.2) is 0 Å². The molecule has 0 unspecified atom stereocenters. The van der Waals surface area contributed by atoms with Crippen molar-refractivity contribution in [2.24, 2.45) is 5.73 Å². The molecule has 2 heteroatoms. The first-order valence-electron chi connectivity index (χ1n) is 15.4. The molecule has 1 heterocycles. The molecule has 2 N–H and O–H groups in total. The molecule has 8 rings (SSSR count). The maximum absolute atomic E-state index is 6.66. The van der Waals surface area contributed by atoms with Crippen LogP contribution < -0.4 is 10.6 Å². The molecule has 0 saturated carbocycles. The van der Waals surface area contributed by atoms with E-state index in [-0.39, 0.29) is 5.41 Å². The van der Waals surface area contributed by atoms with Gasteiger partial charge in [-0.2, -0.15) is 0 Å². The van der Waals surface area contributed by atoms with Gasteiger partial charge in [0.25, 0.3) is 0 Å². The molecule has 2 aliphatic rings. The summed E-state index contributed by atoms with van der Waals surface area (Å²) in [7, 11) is 0. The first-order chi connectivity index (χ1) is 21.5. The van der Waals surface area contributed by atoms with Crippen LogP contribution in [0.3, 0.4) is 0 Å². The molecule has 0 radical (unpaired) electrons. The van der Waals surface area contributed by atoms with Gasteiger partial charge in [0.2, 0.25) is 0 Å². The Bertz CT molecular complexity index is 2160. The van der Waals surface area contributed by atoms with Gasteiger partial charge in [-0.05, 0) is 80.4 Å². The summed E-state index contributed by atoms with van der Waals surface area (Å²) in [6, 6.07) is 46.4. The third-order valence-corrected chi connectivity index (χ3v) is 9.60. The molecule has 0 bridgehead atoms. The smallest absolute Gasteiger partial charge is 0.0691 e. The molecule has 0 amide bonds. The Morgan fingerprint density at radius 3 is 2.02 bits per heavy atom. The van der Waals surface area contributed by atoms with Gasteiger partial charge in [-0.15, -0.1) is 0 Å². The fourth-order valence-electron chi connectivity index (χ4n) is 7.60. The minimum absolute atomic E-state index is 0.165. The zero-order chi connectivity index (χ0) is 30.0. The zero-order valence-corrected chi connectivity index (χ0v) is 25.3. The molecule has 0 spiro atoms. The normalized spacial score (nSPS) is 16.4. The number of hydrogen-bond acceptors (Lipinski definition) is 2. The number of allylic oxidation sites excluding steroid dienone is 2. The van der Waals surface area contributed by atoms with Crippen LogP contribution >= 0.6 is 0 Å². The fourth-order valence-corrected chi connectivity index (χ4v) is 7.60. The van der Waals surface area contributed by atoms with Crippen LogP contribution in [0.1, 0.15) is 37.5 Å². The Balaban J connectivity index is 1.49. The molecule has 212 valence electrons. The molecule has 1 aliphatic carbocycles. The molecule has 0 saturated heterocycles. The lowest BCUT2D eigenvalue weighted by Gasteiger charge is -2.35. The van der Waals surface area contributed by atoms with E-state index in [2.05, 4.69) is 159 Å². The number of para-hydroxylation sites is 1. The Labute approximate surface area is 259 Å². The minimum atomic E-state index is -0.165. The van der Waals surface area contributed by atoms with Gasteiger partial charge in [-0.25, -0.2) is 0 Å². The van der Waals surface area contributed by atoms with Crippen LogP contribution in [0.15, 0.2) is 145 Å². The molecular weight excluding hydrogens is 532 g/mol. The van der Waals surface area contributed by atoms with Crippen LogP contribution in [0.25, 0.3) is 49.7 Å². The number of benzene rings is 6. The number of nitrogens with zero attached hydrogens (tertiary/aromatic N) is 1. The van der Waals surface area contributed by atoms with Gasteiger partial charge in [-0.3, -0.25) is 0 Å². The topological polar surface area (TPSA) is 29.3 Å². The predicted octanol–water partition coefficient (Wildman–Crippen LogP) is 10.8. The van der Waals surface area contributed by atoms with Crippen molar-refractivity contribution < 1.29 is 0 Å². The van der Waals surface area contributed by atoms with E-state index in [1.807, 2.05) is 0 Å². The number of anilines is 2. The number of rotatable bonds is 2. The van der Waals surface area contributed by atoms with E-state index in [9.17, 15) is 0 Å². The van der Waals surface area contributed by atoms with E-state index >= 15 is 0 Å². The van der Waals surface area contributed by atoms with Gasteiger partial charge < -0.3 is 10.6 Å². The summed E-state index contributed by atoms with van der Waals surface area (Å²) in [5.74, 6) is 0. The van der Waals surface area contributed by atoms with Crippen molar-refractivity contribution in [1.29, 1.82) is 0 Å². The van der Waals surface area contributed by atoms with E-state index in [1.165, 1.54) is 60.8 Å². The van der Waals surface area contributed by atoms with E-state index in [0.717, 1.165) is 22.6 Å². The Morgan fingerprint density at radius 1 is 0.614 bits per heavy atom. The maximum atomic E-state index is 6.66. The average Bonchev–Trinajstić information content (AvgIpc) is 3.30. The van der Waals surface area contributed by atoms with Crippen molar-refractivity contribution in [1.82, 2.24) is 0 Å². The number of hydrogen-bond donors (Lipinski definition) is 1. The molecular formula is C42H34N2. The zero-order valence-electron chi connectivity index (χ0n) is 25.3. The van der Waals surface area contributed by atoms with E-state index in [0.29, 0.717) is 0 Å². The van der Waals surface area contributed by atoms with Crippen molar-refractivity contribution in [3.63, 3.8) is 0 Å². The van der Waals surface area contributed by atoms with Crippen LogP contribution in [0.5, 0.6) is 0 Å². The molecule has 0 aromatic heterocycles. The van der Waals surface area contributed by atoms with E-state index < -0.39 is 0 Å². The summed E-state index contributed by atoms with van der Waals surface area (Å²) in [4.78, 5) is 2.38. The first-order valence-corrected chi connectivity index (χ1v) is 15.4. The van der Waals surface area contributed by atoms with Gasteiger partial charge >= 0.3 is 0 Å². The van der Waals surface area contributed by atoms with Crippen LogP contribution in [-0.2, 0) is 5.41 Å². The van der Waals surface area contributed by atoms with Crippen molar-refractivity contribution in [2.45, 2.75) is 26.2 Å². The standard InChI is InChI=1S/C42H34N2/c1-4-30-32-20-12-16-28-17-13-21-33(40(28)32)31-18-9-11-23-38(31)44(39(30)26-43)29-24-35(27-14-6-5-7-15-27)41-34-19-8-10-22-36(34)42(2,3)37(41)25-29/h4-26H,43H2,1-3H3/b30-4?,39-26+. The Kier molecular flexibility index (Phi) is 5.89. The summed E-state index contributed by atoms with van der Waals surface area (Å²) in [6.07, 6.45) is 3.99. The van der Waals surface area contributed by atoms with E-state index in [1.54, 1.807) is 6.20 Å². The van der Waals surface area contributed by atoms with Gasteiger partial charge in [0.05, 0.1) is 11.4 Å². The average molecular weight is 567 g/mol. The lowest BCUT2D eigenvalue weighted by molar-refractivity contribution is 0.660. The third-order valence-electron chi connectivity index (χ3n) is 9.60. The SMILES string of the molecule is CC=C1/C(=C\N)N(c2cc(-c3ccccc3)c3c(c2)C(C)(C)c2ccccc2-3)c2ccccc2-c2cccc3cccc1c23. The van der Waals surface area contributed by atoms with Gasteiger partial charge in [-0.1, -0.05) is 129 Å². The molecule has 0 atom stereocenters. The minimum Gasteiger partial charge on any atom is -0.403 e. The monoisotopic (exact) mass is 566 g/mol. The lowest BCUT2D eigenvalue weighted by Crippen LogP contribution is -2.22. The van der Waals surface area contributed by atoms with Crippen molar-refractivity contribution in [3.8, 4) is 33.4 Å². The maximum Gasteiger partial charge on any atom is 0.0691 e. The first kappa shape index (κ1) is 26.3. The van der Waals surface area contributed by atoms with Crippen LogP contribution in [0.4, 0.5) is 11.4 Å². The van der Waals surface area contributed by atoms with Crippen LogP contribution in [-0.4, -0.2) is 0 Å². The summed E-state index contributed by atoms with van der Waals surface area (Å²) in [5.41, 5.74) is 22.2. The molecule has 44 heavy (non-hydrogen) atoms. The second kappa shape index (κ2) is 9.86. The Hall–Kier alpha value is -5.34. The molecule has 6 aromatic carbocycles. The highest BCUT2D eigenvalue weighted by Crippen LogP contribution is 2.55. The summed E-state index contributed by atoms with van der Waals surface area (Å²) in [6.45, 7) is 6.82. The largest absolute Gasteiger partial charge is 0.403 e. The summed E-state index contributed by atoms with van der Waals surface area (Å²) in [5, 5.41) is 2.48. The molecule has 6 aromatic rings. The highest BCUT2D eigenvalue weighted by atomic mass is 15.2. The molecule has 2 nitrogen and oxygen atoms in total. The van der Waals surface area contributed by atoms with Crippen LogP contribution in [0, 0.1) is 0 Å². The van der Waals surface area contributed by atoms with Crippen molar-refractivity contribution in [3.05, 3.63) is 162 Å². The number of fused-ring (bicyclic) bond motifs is 5. The quantitative estimate of drug-likeness (QED) is 0.226. The fraction of sp³-hybridized carbons (Fsp3) is 0.0952. The Morgan fingerprint density at radius 2 is 1.27 bits per heavy atom. The van der Waals surface area contributed by atoms with E-state index in [4.69, 9.17) is 5.73 Å². The van der Waals surface area contributed by atoms with Gasteiger partial charge in [0.1, 0.15) is 0 Å². The lowest BCUT2D eigenvalue weighted by atomic mass is 9.81. The van der Waals surface area contributed by atoms with Crippen LogP contribution in [0.2, 0.25) is 0 Å².